The Hall–Kier alpha value is -2.26. The lowest BCUT2D eigenvalue weighted by molar-refractivity contribution is -0.386. The van der Waals surface area contributed by atoms with E-state index in [0.717, 1.165) is 12.1 Å². The van der Waals surface area contributed by atoms with Crippen LogP contribution in [0.2, 0.25) is 0 Å². The molecule has 0 unspecified atom stereocenters. The molecule has 110 valence electrons. The van der Waals surface area contributed by atoms with Crippen LogP contribution in [-0.2, 0) is 6.61 Å². The Balaban J connectivity index is 2.25. The summed E-state index contributed by atoms with van der Waals surface area (Å²) in [6.45, 7) is -0.0272. The van der Waals surface area contributed by atoms with Gasteiger partial charge < -0.3 is 10.2 Å². The summed E-state index contributed by atoms with van der Waals surface area (Å²) in [5.41, 5.74) is 2.43. The minimum Gasteiger partial charge on any atom is -0.480 e. The van der Waals surface area contributed by atoms with Gasteiger partial charge in [-0.1, -0.05) is 6.07 Å². The number of ether oxygens (including phenoxy) is 1. The number of halogens is 2. The van der Waals surface area contributed by atoms with E-state index in [0.29, 0.717) is 11.5 Å². The third-order valence-corrected chi connectivity index (χ3v) is 3.09. The average molecular weight is 357 g/mol. The first kappa shape index (κ1) is 15.1. The number of nitrogens with zero attached hydrogens (tertiary/aromatic N) is 2. The van der Waals surface area contributed by atoms with Gasteiger partial charge >= 0.3 is 5.69 Å². The first-order chi connectivity index (χ1) is 10.0. The van der Waals surface area contributed by atoms with Crippen LogP contribution >= 0.6 is 15.9 Å². The van der Waals surface area contributed by atoms with Crippen LogP contribution in [0, 0.1) is 15.9 Å². The summed E-state index contributed by atoms with van der Waals surface area (Å²) in [6.07, 6.45) is 0. The van der Waals surface area contributed by atoms with Crippen LogP contribution in [0.15, 0.2) is 34.8 Å². The molecule has 1 aromatic heterocycles. The Labute approximate surface area is 127 Å². The molecule has 0 atom stereocenters. The summed E-state index contributed by atoms with van der Waals surface area (Å²) < 4.78 is 18.7. The number of nitrogen functional groups attached to an aromatic ring is 1. The van der Waals surface area contributed by atoms with Gasteiger partial charge in [0, 0.05) is 0 Å². The van der Waals surface area contributed by atoms with Gasteiger partial charge in [0.25, 0.3) is 0 Å². The second kappa shape index (κ2) is 6.46. The maximum Gasteiger partial charge on any atom is 0.315 e. The van der Waals surface area contributed by atoms with Crippen molar-refractivity contribution in [3.63, 3.8) is 0 Å². The molecule has 0 spiro atoms. The fourth-order valence-corrected chi connectivity index (χ4v) is 2.15. The predicted octanol–water partition coefficient (Wildman–Crippen LogP) is 2.76. The van der Waals surface area contributed by atoms with Crippen molar-refractivity contribution >= 4 is 27.4 Å². The highest BCUT2D eigenvalue weighted by Gasteiger charge is 2.20. The van der Waals surface area contributed by atoms with Gasteiger partial charge in [0.05, 0.1) is 21.2 Å². The van der Waals surface area contributed by atoms with Gasteiger partial charge in [-0.05, 0) is 34.1 Å². The zero-order valence-corrected chi connectivity index (χ0v) is 12.1. The molecule has 0 aliphatic heterocycles. The van der Waals surface area contributed by atoms with Crippen molar-refractivity contribution in [1.82, 2.24) is 4.98 Å². The van der Waals surface area contributed by atoms with Crippen LogP contribution in [0.25, 0.3) is 0 Å². The Kier molecular flexibility index (Phi) is 4.66. The molecule has 1 aromatic carbocycles. The van der Waals surface area contributed by atoms with E-state index in [4.69, 9.17) is 10.6 Å². The van der Waals surface area contributed by atoms with Crippen molar-refractivity contribution in [3.05, 3.63) is 56.4 Å². The molecule has 0 aliphatic carbocycles. The van der Waals surface area contributed by atoms with E-state index in [1.54, 1.807) is 18.2 Å². The normalized spacial score (nSPS) is 10.2. The Morgan fingerprint density at radius 2 is 2.24 bits per heavy atom. The zero-order chi connectivity index (χ0) is 15.4. The van der Waals surface area contributed by atoms with Crippen molar-refractivity contribution in [2.45, 2.75) is 6.61 Å². The molecule has 2 aromatic rings. The van der Waals surface area contributed by atoms with Crippen LogP contribution in [-0.4, -0.2) is 9.91 Å². The fourth-order valence-electron chi connectivity index (χ4n) is 1.61. The first-order valence-corrected chi connectivity index (χ1v) is 6.49. The number of hydrazine groups is 1. The summed E-state index contributed by atoms with van der Waals surface area (Å²) in [5.74, 6) is 4.88. The average Bonchev–Trinajstić information content (AvgIpc) is 2.45. The van der Waals surface area contributed by atoms with Gasteiger partial charge in [-0.3, -0.25) is 10.1 Å². The van der Waals surface area contributed by atoms with Gasteiger partial charge in [-0.25, -0.2) is 15.2 Å². The Morgan fingerprint density at radius 3 is 2.90 bits per heavy atom. The standard InChI is InChI=1S/C12H10BrFN4O3/c13-9-4-7(14)5-10(18(19)20)12(9)21-6-8-2-1-3-11(16-8)17-15/h1-5H,6,15H2,(H,16,17). The fraction of sp³-hybridized carbons (Fsp3) is 0.0833. The van der Waals surface area contributed by atoms with Gasteiger partial charge in [-0.15, -0.1) is 0 Å². The summed E-state index contributed by atoms with van der Waals surface area (Å²) in [4.78, 5) is 14.3. The number of nitro benzene ring substituents is 1. The number of hydrogen-bond donors (Lipinski definition) is 2. The predicted molar refractivity (Wildman–Crippen MR) is 77.1 cm³/mol. The highest BCUT2D eigenvalue weighted by atomic mass is 79.9. The van der Waals surface area contributed by atoms with Crippen molar-refractivity contribution in [2.75, 3.05) is 5.43 Å². The van der Waals surface area contributed by atoms with Crippen molar-refractivity contribution in [3.8, 4) is 5.75 Å². The van der Waals surface area contributed by atoms with E-state index in [1.165, 1.54) is 0 Å². The maximum absolute atomic E-state index is 13.2. The highest BCUT2D eigenvalue weighted by Crippen LogP contribution is 2.36. The molecule has 2 rings (SSSR count). The van der Waals surface area contributed by atoms with E-state index < -0.39 is 16.4 Å². The van der Waals surface area contributed by atoms with Crippen LogP contribution in [0.5, 0.6) is 5.75 Å². The number of hydrogen-bond acceptors (Lipinski definition) is 6. The number of nitrogens with two attached hydrogens (primary N) is 1. The van der Waals surface area contributed by atoms with Gasteiger partial charge in [0.2, 0.25) is 5.75 Å². The number of nitro groups is 1. The largest absolute Gasteiger partial charge is 0.480 e. The molecule has 0 amide bonds. The van der Waals surface area contributed by atoms with Crippen LogP contribution in [0.3, 0.4) is 0 Å². The van der Waals surface area contributed by atoms with Gasteiger partial charge in [0.15, 0.2) is 0 Å². The van der Waals surface area contributed by atoms with E-state index >= 15 is 0 Å². The molecule has 7 nitrogen and oxygen atoms in total. The number of nitrogens with one attached hydrogen (secondary N) is 1. The molecular weight excluding hydrogens is 347 g/mol. The van der Waals surface area contributed by atoms with E-state index in [-0.39, 0.29) is 16.8 Å². The van der Waals surface area contributed by atoms with Gasteiger partial charge in [-0.2, -0.15) is 0 Å². The lowest BCUT2D eigenvalue weighted by Gasteiger charge is -2.09. The third kappa shape index (κ3) is 3.64. The Morgan fingerprint density at radius 1 is 1.48 bits per heavy atom. The molecule has 0 aliphatic rings. The number of pyridine rings is 1. The van der Waals surface area contributed by atoms with E-state index in [1.807, 2.05) is 0 Å². The summed E-state index contributed by atoms with van der Waals surface area (Å²) in [7, 11) is 0. The van der Waals surface area contributed by atoms with Crippen LogP contribution in [0.4, 0.5) is 15.9 Å². The SMILES string of the molecule is NNc1cccc(COc2c(Br)cc(F)cc2[N+](=O)[O-])n1. The van der Waals surface area contributed by atoms with Crippen LogP contribution < -0.4 is 16.0 Å². The molecule has 0 bridgehead atoms. The molecule has 9 heteroatoms. The highest BCUT2D eigenvalue weighted by molar-refractivity contribution is 9.10. The molecular formula is C12H10BrFN4O3. The molecule has 0 saturated carbocycles. The molecule has 0 saturated heterocycles. The summed E-state index contributed by atoms with van der Waals surface area (Å²) >= 11 is 3.05. The topological polar surface area (TPSA) is 103 Å². The number of aromatic nitrogens is 1. The van der Waals surface area contributed by atoms with E-state index in [9.17, 15) is 14.5 Å². The molecule has 3 N–H and O–H groups in total. The Bertz CT molecular complexity index is 684. The number of rotatable bonds is 5. The zero-order valence-electron chi connectivity index (χ0n) is 10.5. The number of anilines is 1. The monoisotopic (exact) mass is 356 g/mol. The molecule has 0 radical (unpaired) electrons. The minimum absolute atomic E-state index is 0.0272. The molecule has 0 fully saturated rings. The number of benzene rings is 1. The molecule has 21 heavy (non-hydrogen) atoms. The van der Waals surface area contributed by atoms with Crippen LogP contribution in [0.1, 0.15) is 5.69 Å². The quantitative estimate of drug-likeness (QED) is 0.485. The van der Waals surface area contributed by atoms with Crippen molar-refractivity contribution < 1.29 is 14.1 Å². The smallest absolute Gasteiger partial charge is 0.315 e. The summed E-state index contributed by atoms with van der Waals surface area (Å²) in [6, 6.07) is 6.91. The van der Waals surface area contributed by atoms with Gasteiger partial charge in [0.1, 0.15) is 18.2 Å². The second-order valence-corrected chi connectivity index (χ2v) is 4.79. The third-order valence-electron chi connectivity index (χ3n) is 2.50. The lowest BCUT2D eigenvalue weighted by Crippen LogP contribution is -2.10. The second-order valence-electron chi connectivity index (χ2n) is 3.94. The first-order valence-electron chi connectivity index (χ1n) is 5.70. The van der Waals surface area contributed by atoms with E-state index in [2.05, 4.69) is 26.3 Å². The summed E-state index contributed by atoms with van der Waals surface area (Å²) in [5, 5.41) is 10.9. The van der Waals surface area contributed by atoms with Crippen molar-refractivity contribution in [1.29, 1.82) is 0 Å². The lowest BCUT2D eigenvalue weighted by atomic mass is 10.3. The minimum atomic E-state index is -0.728. The van der Waals surface area contributed by atoms with Crippen molar-refractivity contribution in [2.24, 2.45) is 5.84 Å². The maximum atomic E-state index is 13.2. The molecule has 1 heterocycles.